The molecule has 0 saturated heterocycles. The van der Waals surface area contributed by atoms with Gasteiger partial charge in [-0.05, 0) is 54.8 Å². The highest BCUT2D eigenvalue weighted by molar-refractivity contribution is 5.51. The Morgan fingerprint density at radius 3 is 2.86 bits per heavy atom. The number of nitrogen functional groups attached to an aromatic ring is 1. The van der Waals surface area contributed by atoms with E-state index < -0.39 is 0 Å². The number of aryl methyl sites for hydroxylation is 1. The fourth-order valence-corrected chi connectivity index (χ4v) is 3.37. The number of nitrogens with two attached hydrogens (primary N) is 1. The Morgan fingerprint density at radius 2 is 2.07 bits per heavy atom. The van der Waals surface area contributed by atoms with Crippen molar-refractivity contribution in [3.63, 3.8) is 0 Å². The Hall–Kier alpha value is -3.54. The Bertz CT molecular complexity index is 997. The van der Waals surface area contributed by atoms with Crippen LogP contribution in [-0.2, 0) is 17.7 Å². The molecule has 2 N–H and O–H groups in total. The van der Waals surface area contributed by atoms with E-state index in [9.17, 15) is 0 Å². The van der Waals surface area contributed by atoms with Crippen LogP contribution in [0, 0.1) is 0 Å². The van der Waals surface area contributed by atoms with E-state index in [2.05, 4.69) is 23.4 Å². The van der Waals surface area contributed by atoms with Gasteiger partial charge in [-0.25, -0.2) is 0 Å². The molecule has 0 spiro atoms. The molecule has 4 rings (SSSR count). The van der Waals surface area contributed by atoms with Crippen molar-refractivity contribution in [1.82, 2.24) is 15.1 Å². The molecule has 28 heavy (non-hydrogen) atoms. The Balaban J connectivity index is 1.43. The molecule has 1 aromatic heterocycles. The number of rotatable bonds is 7. The molecule has 6 nitrogen and oxygen atoms in total. The van der Waals surface area contributed by atoms with Crippen LogP contribution in [0.2, 0.25) is 0 Å². The zero-order valence-electron chi connectivity index (χ0n) is 15.5. The van der Waals surface area contributed by atoms with Gasteiger partial charge in [0.2, 0.25) is 11.8 Å². The average Bonchev–Trinajstić information content (AvgIpc) is 3.33. The van der Waals surface area contributed by atoms with Crippen LogP contribution in [0.5, 0.6) is 0 Å². The highest BCUT2D eigenvalue weighted by Gasteiger charge is 2.25. The normalized spacial score (nSPS) is 15.1. The maximum absolute atomic E-state index is 6.12. The first-order valence-corrected chi connectivity index (χ1v) is 9.15. The molecule has 1 aliphatic rings. The van der Waals surface area contributed by atoms with Crippen LogP contribution in [0.15, 0.2) is 78.2 Å². The third-order valence-corrected chi connectivity index (χ3v) is 4.80. The second-order valence-corrected chi connectivity index (χ2v) is 6.67. The number of aromatic nitrogens is 2. The molecule has 1 atom stereocenters. The number of benzene rings is 2. The minimum Gasteiger partial charge on any atom is -0.471 e. The number of hydrogen-bond acceptors (Lipinski definition) is 6. The van der Waals surface area contributed by atoms with Gasteiger partial charge >= 0.3 is 0 Å². The average molecular weight is 374 g/mol. The predicted octanol–water partition coefficient (Wildman–Crippen LogP) is 4.44. The number of anilines is 1. The predicted molar refractivity (Wildman–Crippen MR) is 108 cm³/mol. The van der Waals surface area contributed by atoms with Crippen LogP contribution < -0.4 is 5.73 Å². The van der Waals surface area contributed by atoms with Crippen molar-refractivity contribution in [2.45, 2.75) is 25.5 Å². The number of ether oxygens (including phenoxy) is 1. The molecule has 1 aliphatic carbocycles. The maximum Gasteiger partial charge on any atom is 0.247 e. The largest absolute Gasteiger partial charge is 0.471 e. The summed E-state index contributed by atoms with van der Waals surface area (Å²) < 4.78 is 11.9. The van der Waals surface area contributed by atoms with Crippen LogP contribution in [0.3, 0.4) is 0 Å². The van der Waals surface area contributed by atoms with Crippen molar-refractivity contribution in [2.75, 3.05) is 5.73 Å². The molecule has 1 unspecified atom stereocenters. The molecule has 1 heterocycles. The van der Waals surface area contributed by atoms with Gasteiger partial charge in [0.05, 0.1) is 0 Å². The van der Waals surface area contributed by atoms with E-state index in [-0.39, 0.29) is 6.10 Å². The van der Waals surface area contributed by atoms with Crippen LogP contribution in [-0.4, -0.2) is 15.1 Å². The van der Waals surface area contributed by atoms with E-state index in [0.29, 0.717) is 24.2 Å². The maximum atomic E-state index is 6.12. The van der Waals surface area contributed by atoms with Gasteiger partial charge in [0.25, 0.3) is 0 Å². The molecular weight excluding hydrogens is 352 g/mol. The van der Waals surface area contributed by atoms with Crippen molar-refractivity contribution >= 4 is 5.69 Å². The lowest BCUT2D eigenvalue weighted by atomic mass is 10.1. The molecule has 142 valence electrons. The van der Waals surface area contributed by atoms with E-state index in [0.717, 1.165) is 29.7 Å². The van der Waals surface area contributed by atoms with Crippen molar-refractivity contribution in [1.29, 1.82) is 0 Å². The summed E-state index contributed by atoms with van der Waals surface area (Å²) in [6.45, 7) is 8.25. The third-order valence-electron chi connectivity index (χ3n) is 4.80. The summed E-state index contributed by atoms with van der Waals surface area (Å²) >= 11 is 0. The van der Waals surface area contributed by atoms with Crippen LogP contribution in [0.4, 0.5) is 5.69 Å². The van der Waals surface area contributed by atoms with Gasteiger partial charge in [0.15, 0.2) is 5.88 Å². The first kappa shape index (κ1) is 17.9. The quantitative estimate of drug-likeness (QED) is 0.487. The van der Waals surface area contributed by atoms with Crippen molar-refractivity contribution in [2.24, 2.45) is 0 Å². The Kier molecular flexibility index (Phi) is 4.85. The van der Waals surface area contributed by atoms with E-state index in [1.54, 1.807) is 11.1 Å². The van der Waals surface area contributed by atoms with E-state index in [1.807, 2.05) is 48.5 Å². The Morgan fingerprint density at radius 1 is 1.25 bits per heavy atom. The van der Waals surface area contributed by atoms with Crippen LogP contribution in [0.1, 0.15) is 29.5 Å². The lowest BCUT2D eigenvalue weighted by molar-refractivity contribution is 0.0637. The summed E-state index contributed by atoms with van der Waals surface area (Å²) in [4.78, 5) is 1.76. The SMILES string of the molecule is C=CN(Cc1nnc(-c2ccccc2)o1)C(=C)OC1CCc2cc(N)ccc21. The highest BCUT2D eigenvalue weighted by atomic mass is 16.5. The molecule has 0 fully saturated rings. The monoisotopic (exact) mass is 374 g/mol. The lowest BCUT2D eigenvalue weighted by Gasteiger charge is -2.24. The molecule has 0 amide bonds. The van der Waals surface area contributed by atoms with Crippen LogP contribution in [0.25, 0.3) is 11.5 Å². The summed E-state index contributed by atoms with van der Waals surface area (Å²) in [6.07, 6.45) is 3.43. The number of fused-ring (bicyclic) bond motifs is 1. The third kappa shape index (κ3) is 3.62. The molecule has 0 bridgehead atoms. The molecule has 0 saturated carbocycles. The van der Waals surface area contributed by atoms with Gasteiger partial charge in [-0.2, -0.15) is 0 Å². The standard InChI is InChI=1S/C22H22N4O2/c1-3-26(14-21-24-25-22(28-21)16-7-5-4-6-8-16)15(2)27-20-12-9-17-13-18(23)10-11-19(17)20/h3-8,10-11,13,20H,1-2,9,12,14,23H2. The highest BCUT2D eigenvalue weighted by Crippen LogP contribution is 2.36. The van der Waals surface area contributed by atoms with Gasteiger partial charge < -0.3 is 19.8 Å². The molecule has 0 radical (unpaired) electrons. The van der Waals surface area contributed by atoms with Gasteiger partial charge in [-0.15, -0.1) is 10.2 Å². The molecule has 3 aromatic rings. The second-order valence-electron chi connectivity index (χ2n) is 6.67. The minimum absolute atomic E-state index is 0.0480. The molecule has 6 heteroatoms. The number of hydrogen-bond donors (Lipinski definition) is 1. The van der Waals surface area contributed by atoms with Crippen molar-refractivity contribution < 1.29 is 9.15 Å². The number of nitrogens with zero attached hydrogens (tertiary/aromatic N) is 3. The fraction of sp³-hybridized carbons (Fsp3) is 0.182. The molecular formula is C22H22N4O2. The first-order valence-electron chi connectivity index (χ1n) is 9.15. The zero-order valence-corrected chi connectivity index (χ0v) is 15.5. The molecule has 2 aromatic carbocycles. The summed E-state index contributed by atoms with van der Waals surface area (Å²) in [6, 6.07) is 15.6. The topological polar surface area (TPSA) is 77.4 Å². The van der Waals surface area contributed by atoms with Crippen molar-refractivity contribution in [3.05, 3.63) is 90.8 Å². The van der Waals surface area contributed by atoms with E-state index in [1.165, 1.54) is 5.56 Å². The first-order chi connectivity index (χ1) is 13.6. The summed E-state index contributed by atoms with van der Waals surface area (Å²) in [5.74, 6) is 1.43. The van der Waals surface area contributed by atoms with Crippen LogP contribution >= 0.6 is 0 Å². The smallest absolute Gasteiger partial charge is 0.247 e. The van der Waals surface area contributed by atoms with Gasteiger partial charge in [-0.1, -0.05) is 30.8 Å². The fourth-order valence-electron chi connectivity index (χ4n) is 3.37. The van der Waals surface area contributed by atoms with Gasteiger partial charge in [0.1, 0.15) is 12.6 Å². The molecule has 0 aliphatic heterocycles. The van der Waals surface area contributed by atoms with E-state index in [4.69, 9.17) is 14.9 Å². The minimum atomic E-state index is -0.0480. The van der Waals surface area contributed by atoms with Gasteiger partial charge in [0, 0.05) is 17.5 Å². The summed E-state index contributed by atoms with van der Waals surface area (Å²) in [7, 11) is 0. The van der Waals surface area contributed by atoms with Crippen molar-refractivity contribution in [3.8, 4) is 11.5 Å². The van der Waals surface area contributed by atoms with E-state index >= 15 is 0 Å². The summed E-state index contributed by atoms with van der Waals surface area (Å²) in [5, 5.41) is 8.24. The Labute approximate surface area is 163 Å². The zero-order chi connectivity index (χ0) is 19.5. The lowest BCUT2D eigenvalue weighted by Crippen LogP contribution is -2.19. The summed E-state index contributed by atoms with van der Waals surface area (Å²) in [5.41, 5.74) is 9.91. The second kappa shape index (κ2) is 7.60. The van der Waals surface area contributed by atoms with Gasteiger partial charge in [-0.3, -0.25) is 0 Å².